The second-order valence-corrected chi connectivity index (χ2v) is 6.07. The number of aliphatic hydroxyl groups excluding tert-OH is 1. The zero-order valence-electron chi connectivity index (χ0n) is 12.7. The van der Waals surface area contributed by atoms with Crippen molar-refractivity contribution >= 4 is 23.3 Å². The lowest BCUT2D eigenvalue weighted by atomic mass is 10.1. The van der Waals surface area contributed by atoms with Gasteiger partial charge in [-0.15, -0.1) is 12.4 Å². The zero-order valence-corrected chi connectivity index (χ0v) is 13.5. The smallest absolute Gasteiger partial charge is 0.0607 e. The third-order valence-electron chi connectivity index (χ3n) is 3.53. The highest BCUT2D eigenvalue weighted by atomic mass is 35.5. The highest BCUT2D eigenvalue weighted by molar-refractivity contribution is 5.85. The van der Waals surface area contributed by atoms with E-state index in [4.69, 9.17) is 0 Å². The molecule has 0 radical (unpaired) electrons. The summed E-state index contributed by atoms with van der Waals surface area (Å²) in [6.45, 7) is 9.31. The van der Waals surface area contributed by atoms with Gasteiger partial charge >= 0.3 is 0 Å². The Hall–Kier alpha value is -1.03. The molecule has 0 amide bonds. The predicted molar refractivity (Wildman–Crippen MR) is 87.6 cm³/mol. The predicted octanol–water partition coefficient (Wildman–Crippen LogP) is 3.50. The fraction of sp³-hybridized carbons (Fsp3) is 0.500. The largest absolute Gasteiger partial charge is 0.394 e. The van der Waals surface area contributed by atoms with Crippen LogP contribution in [0.4, 0.5) is 0 Å². The van der Waals surface area contributed by atoms with Crippen molar-refractivity contribution in [1.29, 1.82) is 0 Å². The van der Waals surface area contributed by atoms with Gasteiger partial charge in [0.25, 0.3) is 0 Å². The molecule has 0 spiro atoms. The van der Waals surface area contributed by atoms with Gasteiger partial charge in [0.15, 0.2) is 0 Å². The van der Waals surface area contributed by atoms with E-state index in [1.807, 2.05) is 13.8 Å². The zero-order chi connectivity index (χ0) is 14.0. The maximum absolute atomic E-state index is 9.31. The summed E-state index contributed by atoms with van der Waals surface area (Å²) < 4.78 is 2.30. The van der Waals surface area contributed by atoms with Crippen molar-refractivity contribution in [2.75, 3.05) is 6.61 Å². The van der Waals surface area contributed by atoms with E-state index >= 15 is 0 Å². The summed E-state index contributed by atoms with van der Waals surface area (Å²) in [7, 11) is 0. The molecule has 0 aliphatic rings. The summed E-state index contributed by atoms with van der Waals surface area (Å²) in [4.78, 5) is 0. The molecular weight excluding hydrogens is 272 g/mol. The first-order valence-electron chi connectivity index (χ1n) is 6.89. The van der Waals surface area contributed by atoms with Gasteiger partial charge in [-0.05, 0) is 39.3 Å². The summed E-state index contributed by atoms with van der Waals surface area (Å²) in [6, 6.07) is 8.93. The Bertz CT molecular complexity index is 561. The van der Waals surface area contributed by atoms with Crippen LogP contribution in [0.15, 0.2) is 30.5 Å². The number of rotatable bonds is 5. The number of hydrogen-bond acceptors (Lipinski definition) is 2. The molecule has 0 aliphatic heterocycles. The molecule has 0 fully saturated rings. The number of halogens is 1. The molecule has 0 saturated carbocycles. The van der Waals surface area contributed by atoms with E-state index in [2.05, 4.69) is 54.2 Å². The highest BCUT2D eigenvalue weighted by Gasteiger charge is 2.17. The average Bonchev–Trinajstić information content (AvgIpc) is 2.76. The van der Waals surface area contributed by atoms with E-state index in [0.717, 1.165) is 6.54 Å². The molecule has 2 N–H and O–H groups in total. The van der Waals surface area contributed by atoms with Crippen molar-refractivity contribution in [1.82, 2.24) is 9.88 Å². The summed E-state index contributed by atoms with van der Waals surface area (Å²) in [5.74, 6) is 0. The molecule has 0 saturated heterocycles. The molecule has 0 unspecified atom stereocenters. The van der Waals surface area contributed by atoms with E-state index in [1.54, 1.807) is 0 Å². The number of aromatic nitrogens is 1. The lowest BCUT2D eigenvalue weighted by Gasteiger charge is -2.23. The number of hydrogen-bond donors (Lipinski definition) is 2. The maximum atomic E-state index is 9.31. The first-order chi connectivity index (χ1) is 8.94. The molecule has 1 heterocycles. The van der Waals surface area contributed by atoms with Crippen molar-refractivity contribution in [3.8, 4) is 0 Å². The van der Waals surface area contributed by atoms with Crippen LogP contribution in [-0.4, -0.2) is 21.8 Å². The van der Waals surface area contributed by atoms with Gasteiger partial charge in [-0.3, -0.25) is 0 Å². The summed E-state index contributed by atoms with van der Waals surface area (Å²) in [5.41, 5.74) is 2.31. The molecule has 20 heavy (non-hydrogen) atoms. The van der Waals surface area contributed by atoms with Crippen molar-refractivity contribution in [2.24, 2.45) is 0 Å². The van der Waals surface area contributed by atoms with Crippen molar-refractivity contribution in [3.63, 3.8) is 0 Å². The van der Waals surface area contributed by atoms with Crippen LogP contribution in [-0.2, 0) is 6.54 Å². The van der Waals surface area contributed by atoms with Crippen LogP contribution in [0.3, 0.4) is 0 Å². The van der Waals surface area contributed by atoms with Gasteiger partial charge < -0.3 is 15.0 Å². The van der Waals surface area contributed by atoms with Crippen LogP contribution in [0.5, 0.6) is 0 Å². The van der Waals surface area contributed by atoms with Gasteiger partial charge in [-0.2, -0.15) is 0 Å². The monoisotopic (exact) mass is 296 g/mol. The minimum Gasteiger partial charge on any atom is -0.394 e. The normalized spacial score (nSPS) is 11.9. The van der Waals surface area contributed by atoms with Gasteiger partial charge in [-0.25, -0.2) is 0 Å². The third kappa shape index (κ3) is 3.54. The fourth-order valence-electron chi connectivity index (χ4n) is 2.24. The lowest BCUT2D eigenvalue weighted by Crippen LogP contribution is -2.42. The van der Waals surface area contributed by atoms with Crippen LogP contribution in [0.25, 0.3) is 10.9 Å². The standard InChI is InChI=1S/C16H24N2O.ClH/c1-12(2)18-10-13(9-17-16(3,4)11-19)14-7-5-6-8-15(14)18;/h5-8,10,12,17,19H,9,11H2,1-4H3;1H. The van der Waals surface area contributed by atoms with Crippen molar-refractivity contribution in [3.05, 3.63) is 36.0 Å². The molecule has 2 rings (SSSR count). The Morgan fingerprint density at radius 1 is 1.25 bits per heavy atom. The fourth-order valence-corrected chi connectivity index (χ4v) is 2.24. The number of fused-ring (bicyclic) bond motifs is 1. The summed E-state index contributed by atoms with van der Waals surface area (Å²) in [6.07, 6.45) is 2.22. The number of nitrogens with zero attached hydrogens (tertiary/aromatic N) is 1. The van der Waals surface area contributed by atoms with Gasteiger partial charge in [0.1, 0.15) is 0 Å². The van der Waals surface area contributed by atoms with Crippen LogP contribution in [0.1, 0.15) is 39.3 Å². The molecule has 0 aliphatic carbocycles. The van der Waals surface area contributed by atoms with Crippen molar-refractivity contribution < 1.29 is 5.11 Å². The average molecular weight is 297 g/mol. The molecule has 1 aromatic heterocycles. The quantitative estimate of drug-likeness (QED) is 0.886. The van der Waals surface area contributed by atoms with Crippen LogP contribution in [0, 0.1) is 0 Å². The first-order valence-corrected chi connectivity index (χ1v) is 6.89. The van der Waals surface area contributed by atoms with E-state index < -0.39 is 0 Å². The van der Waals surface area contributed by atoms with Gasteiger partial charge in [-0.1, -0.05) is 18.2 Å². The third-order valence-corrected chi connectivity index (χ3v) is 3.53. The molecule has 1 aromatic carbocycles. The molecule has 3 nitrogen and oxygen atoms in total. The Labute approximate surface area is 127 Å². The van der Waals surface area contributed by atoms with Crippen LogP contribution >= 0.6 is 12.4 Å². The Morgan fingerprint density at radius 3 is 2.50 bits per heavy atom. The Morgan fingerprint density at radius 2 is 1.90 bits per heavy atom. The summed E-state index contributed by atoms with van der Waals surface area (Å²) >= 11 is 0. The molecular formula is C16H25ClN2O. The van der Waals surface area contributed by atoms with E-state index in [0.29, 0.717) is 6.04 Å². The summed E-state index contributed by atoms with van der Waals surface area (Å²) in [5, 5.41) is 14.0. The highest BCUT2D eigenvalue weighted by Crippen LogP contribution is 2.24. The lowest BCUT2D eigenvalue weighted by molar-refractivity contribution is 0.187. The van der Waals surface area contributed by atoms with Crippen LogP contribution in [0.2, 0.25) is 0 Å². The number of aliphatic hydroxyl groups is 1. The molecule has 0 bridgehead atoms. The number of benzene rings is 1. The topological polar surface area (TPSA) is 37.2 Å². The molecule has 4 heteroatoms. The number of nitrogens with one attached hydrogen (secondary N) is 1. The molecule has 112 valence electrons. The minimum absolute atomic E-state index is 0. The van der Waals surface area contributed by atoms with Gasteiger partial charge in [0.05, 0.1) is 6.61 Å². The minimum atomic E-state index is -0.249. The molecule has 2 aromatic rings. The second-order valence-electron chi connectivity index (χ2n) is 6.07. The Balaban J connectivity index is 0.00000200. The SMILES string of the molecule is CC(C)n1cc(CNC(C)(C)CO)c2ccccc21.Cl. The van der Waals surface area contributed by atoms with Gasteiger partial charge in [0.2, 0.25) is 0 Å². The van der Waals surface area contributed by atoms with E-state index in [1.165, 1.54) is 16.5 Å². The van der Waals surface area contributed by atoms with Crippen molar-refractivity contribution in [2.45, 2.75) is 45.8 Å². The second kappa shape index (κ2) is 6.61. The number of para-hydroxylation sites is 1. The molecule has 0 atom stereocenters. The Kier molecular flexibility index (Phi) is 5.63. The first kappa shape index (κ1) is 17.0. The van der Waals surface area contributed by atoms with E-state index in [-0.39, 0.29) is 24.6 Å². The van der Waals surface area contributed by atoms with Gasteiger partial charge in [0, 0.05) is 35.2 Å². The van der Waals surface area contributed by atoms with E-state index in [9.17, 15) is 5.11 Å². The maximum Gasteiger partial charge on any atom is 0.0607 e. The van der Waals surface area contributed by atoms with Crippen LogP contribution < -0.4 is 5.32 Å².